The zero-order chi connectivity index (χ0) is 43.6. The lowest BCUT2D eigenvalue weighted by molar-refractivity contribution is 1.17. The Morgan fingerprint density at radius 2 is 0.727 bits per heavy atom. The monoisotopic (exact) mass is 840 g/mol. The summed E-state index contributed by atoms with van der Waals surface area (Å²) in [6, 6.07) is 87.0. The Morgan fingerprint density at radius 1 is 0.258 bits per heavy atom. The van der Waals surface area contributed by atoms with Crippen molar-refractivity contribution in [3.05, 3.63) is 243 Å². The summed E-state index contributed by atoms with van der Waals surface area (Å²) >= 11 is 0. The third-order valence-electron chi connectivity index (χ3n) is 13.2. The lowest BCUT2D eigenvalue weighted by Crippen LogP contribution is -1.97. The Hall–Kier alpha value is -8.86. The maximum Gasteiger partial charge on any atom is 0.160 e. The van der Waals surface area contributed by atoms with E-state index in [-0.39, 0.29) is 0 Å². The molecule has 66 heavy (non-hydrogen) atoms. The Bertz CT molecular complexity index is 3890. The summed E-state index contributed by atoms with van der Waals surface area (Å²) in [7, 11) is 0. The number of para-hydroxylation sites is 2. The number of benzene rings is 10. The smallest absolute Gasteiger partial charge is 0.160 e. The van der Waals surface area contributed by atoms with E-state index in [9.17, 15) is 0 Å². The topological polar surface area (TPSA) is 35.6 Å². The first-order chi connectivity index (χ1) is 32.7. The van der Waals surface area contributed by atoms with Gasteiger partial charge in [0.05, 0.1) is 33.5 Å². The van der Waals surface area contributed by atoms with E-state index >= 15 is 0 Å². The van der Waals surface area contributed by atoms with Gasteiger partial charge in [-0.25, -0.2) is 9.97 Å². The van der Waals surface area contributed by atoms with Gasteiger partial charge in [-0.2, -0.15) is 0 Å². The second-order valence-electron chi connectivity index (χ2n) is 17.0. The van der Waals surface area contributed by atoms with Crippen molar-refractivity contribution in [1.29, 1.82) is 0 Å². The maximum absolute atomic E-state index is 5.10. The van der Waals surface area contributed by atoms with E-state index in [2.05, 4.69) is 228 Å². The molecule has 0 spiro atoms. The zero-order valence-electron chi connectivity index (χ0n) is 35.9. The molecule has 4 heteroatoms. The van der Waals surface area contributed by atoms with Crippen LogP contribution in [0.1, 0.15) is 0 Å². The molecule has 0 radical (unpaired) electrons. The van der Waals surface area contributed by atoms with Crippen molar-refractivity contribution >= 4 is 54.4 Å². The lowest BCUT2D eigenvalue weighted by Gasteiger charge is -2.12. The molecule has 308 valence electrons. The molecule has 10 aromatic carbocycles. The first-order valence-electron chi connectivity index (χ1n) is 22.5. The Balaban J connectivity index is 0.895. The third kappa shape index (κ3) is 6.30. The maximum atomic E-state index is 5.10. The molecule has 0 aliphatic rings. The molecule has 13 rings (SSSR count). The number of fused-ring (bicyclic) bond motifs is 7. The third-order valence-corrected chi connectivity index (χ3v) is 13.2. The Kier molecular flexibility index (Phi) is 8.81. The molecule has 0 N–H and O–H groups in total. The van der Waals surface area contributed by atoms with Crippen LogP contribution in [0.5, 0.6) is 0 Å². The predicted octanol–water partition coefficient (Wildman–Crippen LogP) is 16.2. The first-order valence-corrected chi connectivity index (χ1v) is 22.5. The van der Waals surface area contributed by atoms with Crippen LogP contribution in [0.2, 0.25) is 0 Å². The van der Waals surface area contributed by atoms with Crippen molar-refractivity contribution in [2.75, 3.05) is 0 Å². The number of rotatable bonds is 7. The summed E-state index contributed by atoms with van der Waals surface area (Å²) in [5, 5.41) is 7.43. The fourth-order valence-electron chi connectivity index (χ4n) is 9.98. The van der Waals surface area contributed by atoms with Crippen molar-refractivity contribution in [3.63, 3.8) is 0 Å². The molecule has 4 nitrogen and oxygen atoms in total. The molecular formula is C62H40N4. The summed E-state index contributed by atoms with van der Waals surface area (Å²) in [5.41, 5.74) is 16.6. The van der Waals surface area contributed by atoms with Gasteiger partial charge >= 0.3 is 0 Å². The molecule has 0 amide bonds. The fourth-order valence-corrected chi connectivity index (χ4v) is 9.98. The molecule has 13 aromatic rings. The van der Waals surface area contributed by atoms with Crippen LogP contribution in [-0.2, 0) is 0 Å². The van der Waals surface area contributed by atoms with E-state index in [4.69, 9.17) is 9.97 Å². The molecule has 0 bridgehead atoms. The number of aromatic nitrogens is 4. The predicted molar refractivity (Wildman–Crippen MR) is 275 cm³/mol. The van der Waals surface area contributed by atoms with Crippen LogP contribution in [0.4, 0.5) is 0 Å². The van der Waals surface area contributed by atoms with Gasteiger partial charge in [0.25, 0.3) is 0 Å². The zero-order valence-corrected chi connectivity index (χ0v) is 35.9. The van der Waals surface area contributed by atoms with Crippen molar-refractivity contribution < 1.29 is 0 Å². The van der Waals surface area contributed by atoms with Gasteiger partial charge in [-0.05, 0) is 93.7 Å². The van der Waals surface area contributed by atoms with Crippen molar-refractivity contribution in [2.45, 2.75) is 0 Å². The van der Waals surface area contributed by atoms with Crippen molar-refractivity contribution in [2.24, 2.45) is 0 Å². The molecule has 3 heterocycles. The quantitative estimate of drug-likeness (QED) is 0.160. The first kappa shape index (κ1) is 37.7. The van der Waals surface area contributed by atoms with Gasteiger partial charge in [0.1, 0.15) is 0 Å². The minimum absolute atomic E-state index is 0.708. The van der Waals surface area contributed by atoms with E-state index in [1.807, 2.05) is 24.3 Å². The van der Waals surface area contributed by atoms with Crippen molar-refractivity contribution in [3.8, 4) is 67.5 Å². The van der Waals surface area contributed by atoms with Gasteiger partial charge in [-0.15, -0.1) is 0 Å². The molecular weight excluding hydrogens is 801 g/mol. The van der Waals surface area contributed by atoms with Gasteiger partial charge in [0.2, 0.25) is 0 Å². The molecule has 0 unspecified atom stereocenters. The van der Waals surface area contributed by atoms with Crippen LogP contribution in [0.15, 0.2) is 243 Å². The van der Waals surface area contributed by atoms with E-state index in [0.717, 1.165) is 45.0 Å². The second-order valence-corrected chi connectivity index (χ2v) is 17.0. The van der Waals surface area contributed by atoms with Crippen LogP contribution >= 0.6 is 0 Å². The number of nitrogens with zero attached hydrogens (tertiary/aromatic N) is 4. The number of hydrogen-bond donors (Lipinski definition) is 0. The number of hydrogen-bond acceptors (Lipinski definition) is 2. The van der Waals surface area contributed by atoms with E-state index < -0.39 is 0 Å². The Labute approximate surface area is 382 Å². The van der Waals surface area contributed by atoms with Gasteiger partial charge in [-0.1, -0.05) is 182 Å². The highest BCUT2D eigenvalue weighted by molar-refractivity contribution is 6.12. The van der Waals surface area contributed by atoms with Crippen molar-refractivity contribution in [1.82, 2.24) is 19.1 Å². The molecule has 0 aliphatic heterocycles. The van der Waals surface area contributed by atoms with Crippen LogP contribution in [0.3, 0.4) is 0 Å². The highest BCUT2D eigenvalue weighted by Crippen LogP contribution is 2.39. The molecule has 0 fully saturated rings. The normalized spacial score (nSPS) is 11.6. The van der Waals surface area contributed by atoms with Crippen LogP contribution in [0.25, 0.3) is 122 Å². The summed E-state index contributed by atoms with van der Waals surface area (Å²) in [6.45, 7) is 0. The minimum atomic E-state index is 0.708. The minimum Gasteiger partial charge on any atom is -0.309 e. The van der Waals surface area contributed by atoms with Gasteiger partial charge in [-0.3, -0.25) is 0 Å². The Morgan fingerprint density at radius 3 is 1.42 bits per heavy atom. The molecule has 0 aliphatic carbocycles. The average Bonchev–Trinajstić information content (AvgIpc) is 3.91. The summed E-state index contributed by atoms with van der Waals surface area (Å²) in [4.78, 5) is 10.1. The second kappa shape index (κ2) is 15.4. The van der Waals surface area contributed by atoms with Gasteiger partial charge < -0.3 is 9.13 Å². The van der Waals surface area contributed by atoms with Gasteiger partial charge in [0.15, 0.2) is 5.82 Å². The standard InChI is InChI=1S/C62H40N4/c1-3-15-43(16-4-1)56-40-57(64-62(63-56)45-17-5-2-6-18-45)44-28-34-49(35-29-44)66-58-24-11-9-21-52(58)54-36-30-47(39-61(54)66)46-31-37-60-55(38-46)53-22-10-12-25-59(53)65(60)48-32-26-42(27-33-48)51-23-13-19-41-14-7-8-20-50(41)51/h1-40H. The average molecular weight is 841 g/mol. The van der Waals surface area contributed by atoms with Crippen LogP contribution < -0.4 is 0 Å². The largest absolute Gasteiger partial charge is 0.309 e. The molecule has 0 atom stereocenters. The SMILES string of the molecule is c1ccc(-c2cc(-c3ccc(-n4c5ccccc5c5ccc(-c6ccc7c(c6)c6ccccc6n7-c6ccc(-c7cccc8ccccc78)cc6)cc54)cc3)nc(-c3ccccc3)n2)cc1. The lowest BCUT2D eigenvalue weighted by atomic mass is 9.98. The highest BCUT2D eigenvalue weighted by atomic mass is 15.0. The fraction of sp³-hybridized carbons (Fsp3) is 0. The highest BCUT2D eigenvalue weighted by Gasteiger charge is 2.18. The van der Waals surface area contributed by atoms with Gasteiger partial charge in [0, 0.05) is 49.6 Å². The summed E-state index contributed by atoms with van der Waals surface area (Å²) in [5.74, 6) is 0.708. The molecule has 0 saturated carbocycles. The summed E-state index contributed by atoms with van der Waals surface area (Å²) in [6.07, 6.45) is 0. The van der Waals surface area contributed by atoms with E-state index in [0.29, 0.717) is 5.82 Å². The van der Waals surface area contributed by atoms with E-state index in [1.165, 1.54) is 71.1 Å². The van der Waals surface area contributed by atoms with E-state index in [1.54, 1.807) is 0 Å². The van der Waals surface area contributed by atoms with Crippen LogP contribution in [0, 0.1) is 0 Å². The molecule has 0 saturated heterocycles. The molecule has 3 aromatic heterocycles. The summed E-state index contributed by atoms with van der Waals surface area (Å²) < 4.78 is 4.80. The van der Waals surface area contributed by atoms with Crippen LogP contribution in [-0.4, -0.2) is 19.1 Å².